The first-order valence-corrected chi connectivity index (χ1v) is 7.49. The minimum atomic E-state index is 0.209. The number of nitrogens with zero attached hydrogens (tertiary/aromatic N) is 1. The highest BCUT2D eigenvalue weighted by Crippen LogP contribution is 2.35. The fourth-order valence-corrected chi connectivity index (χ4v) is 2.80. The minimum absolute atomic E-state index is 0.209. The fourth-order valence-electron chi connectivity index (χ4n) is 1.98. The Hall–Kier alpha value is -1.79. The molecule has 0 aliphatic carbocycles. The van der Waals surface area contributed by atoms with Gasteiger partial charge in [0.1, 0.15) is 11.5 Å². The zero-order valence-electron chi connectivity index (χ0n) is 12.7. The predicted molar refractivity (Wildman–Crippen MR) is 85.6 cm³/mol. The third-order valence-electron chi connectivity index (χ3n) is 2.97. The second kappa shape index (κ2) is 7.28. The van der Waals surface area contributed by atoms with Gasteiger partial charge in [-0.25, -0.2) is 4.98 Å². The first-order valence-electron chi connectivity index (χ1n) is 6.61. The maximum Gasteiger partial charge on any atom is 0.183 e. The first-order chi connectivity index (χ1) is 10.2. The molecular formula is C15H20N2O3S. The van der Waals surface area contributed by atoms with Gasteiger partial charge in [0.25, 0.3) is 0 Å². The van der Waals surface area contributed by atoms with E-state index in [1.165, 1.54) is 0 Å². The largest absolute Gasteiger partial charge is 0.497 e. The summed E-state index contributed by atoms with van der Waals surface area (Å²) in [7, 11) is 4.98. The summed E-state index contributed by atoms with van der Waals surface area (Å²) in [4.78, 5) is 4.60. The van der Waals surface area contributed by atoms with E-state index in [0.29, 0.717) is 6.61 Å². The zero-order valence-corrected chi connectivity index (χ0v) is 13.5. The van der Waals surface area contributed by atoms with Gasteiger partial charge in [0.2, 0.25) is 0 Å². The maximum atomic E-state index is 5.40. The highest BCUT2D eigenvalue weighted by atomic mass is 32.1. The second-order valence-corrected chi connectivity index (χ2v) is 5.46. The van der Waals surface area contributed by atoms with Crippen LogP contribution >= 0.6 is 11.3 Å². The molecule has 2 rings (SSSR count). The van der Waals surface area contributed by atoms with Crippen molar-refractivity contribution in [3.63, 3.8) is 0 Å². The molecule has 6 heteroatoms. The quantitative estimate of drug-likeness (QED) is 0.850. The lowest BCUT2D eigenvalue weighted by Crippen LogP contribution is -2.20. The molecule has 114 valence electrons. The van der Waals surface area contributed by atoms with Gasteiger partial charge in [-0.2, -0.15) is 0 Å². The van der Waals surface area contributed by atoms with E-state index in [1.807, 2.05) is 23.6 Å². The van der Waals surface area contributed by atoms with Crippen molar-refractivity contribution in [2.45, 2.75) is 13.0 Å². The average Bonchev–Trinajstić information content (AvgIpc) is 2.95. The summed E-state index contributed by atoms with van der Waals surface area (Å²) in [5.41, 5.74) is 1.78. The summed E-state index contributed by atoms with van der Waals surface area (Å²) in [5.74, 6) is 1.55. The minimum Gasteiger partial charge on any atom is -0.497 e. The Morgan fingerprint density at radius 2 is 2.05 bits per heavy atom. The molecule has 0 spiro atoms. The summed E-state index contributed by atoms with van der Waals surface area (Å²) >= 11 is 1.56. The molecule has 1 N–H and O–H groups in total. The van der Waals surface area contributed by atoms with Crippen LogP contribution in [-0.4, -0.2) is 39.0 Å². The second-order valence-electron chi connectivity index (χ2n) is 4.60. The number of ether oxygens (including phenoxy) is 3. The summed E-state index contributed by atoms with van der Waals surface area (Å²) in [6.07, 6.45) is 0. The molecule has 0 radical (unpaired) electrons. The number of aromatic nitrogens is 1. The van der Waals surface area contributed by atoms with Gasteiger partial charge in [-0.1, -0.05) is 0 Å². The number of anilines is 1. The monoisotopic (exact) mass is 308 g/mol. The van der Waals surface area contributed by atoms with E-state index in [-0.39, 0.29) is 6.04 Å². The van der Waals surface area contributed by atoms with Gasteiger partial charge in [0.05, 0.1) is 26.5 Å². The lowest BCUT2D eigenvalue weighted by Gasteiger charge is -2.11. The van der Waals surface area contributed by atoms with E-state index in [0.717, 1.165) is 27.9 Å². The third-order valence-corrected chi connectivity index (χ3v) is 3.75. The number of methoxy groups -OCH3 is 3. The smallest absolute Gasteiger partial charge is 0.183 e. The first kappa shape index (κ1) is 15.6. The molecule has 0 amide bonds. The molecule has 1 aromatic carbocycles. The van der Waals surface area contributed by atoms with Crippen molar-refractivity contribution in [3.8, 4) is 22.8 Å². The van der Waals surface area contributed by atoms with Crippen molar-refractivity contribution in [1.82, 2.24) is 4.98 Å². The normalized spacial score (nSPS) is 12.0. The van der Waals surface area contributed by atoms with Crippen LogP contribution in [0.1, 0.15) is 6.92 Å². The Kier molecular flexibility index (Phi) is 5.41. The van der Waals surface area contributed by atoms with Crippen molar-refractivity contribution in [3.05, 3.63) is 23.6 Å². The van der Waals surface area contributed by atoms with Crippen molar-refractivity contribution >= 4 is 16.5 Å². The molecule has 1 heterocycles. The van der Waals surface area contributed by atoms with E-state index in [1.54, 1.807) is 32.7 Å². The van der Waals surface area contributed by atoms with Crippen LogP contribution in [0.25, 0.3) is 11.3 Å². The molecule has 1 atom stereocenters. The number of thiazole rings is 1. The number of hydrogen-bond acceptors (Lipinski definition) is 6. The van der Waals surface area contributed by atoms with Crippen molar-refractivity contribution < 1.29 is 14.2 Å². The number of nitrogens with one attached hydrogen (secondary N) is 1. The van der Waals surface area contributed by atoms with Gasteiger partial charge < -0.3 is 19.5 Å². The van der Waals surface area contributed by atoms with Gasteiger partial charge in [-0.05, 0) is 25.1 Å². The van der Waals surface area contributed by atoms with E-state index in [9.17, 15) is 0 Å². The Labute approximate surface area is 128 Å². The third kappa shape index (κ3) is 3.86. The molecule has 2 aromatic rings. The fraction of sp³-hybridized carbons (Fsp3) is 0.400. The highest BCUT2D eigenvalue weighted by molar-refractivity contribution is 7.14. The van der Waals surface area contributed by atoms with Gasteiger partial charge in [-0.15, -0.1) is 11.3 Å². The van der Waals surface area contributed by atoms with Crippen LogP contribution in [0.5, 0.6) is 11.5 Å². The molecule has 0 fully saturated rings. The van der Waals surface area contributed by atoms with Crippen LogP contribution in [-0.2, 0) is 4.74 Å². The lowest BCUT2D eigenvalue weighted by molar-refractivity contribution is 0.190. The van der Waals surface area contributed by atoms with Crippen molar-refractivity contribution in [2.75, 3.05) is 33.3 Å². The molecule has 0 bridgehead atoms. The van der Waals surface area contributed by atoms with Crippen LogP contribution in [0, 0.1) is 0 Å². The summed E-state index contributed by atoms with van der Waals surface area (Å²) in [5, 5.41) is 6.17. The zero-order chi connectivity index (χ0) is 15.2. The number of rotatable bonds is 7. The van der Waals surface area contributed by atoms with Gasteiger partial charge in [0.15, 0.2) is 5.13 Å². The molecule has 0 saturated heterocycles. The molecule has 21 heavy (non-hydrogen) atoms. The van der Waals surface area contributed by atoms with Gasteiger partial charge in [0, 0.05) is 24.1 Å². The molecule has 0 saturated carbocycles. The molecular weight excluding hydrogens is 288 g/mol. The highest BCUT2D eigenvalue weighted by Gasteiger charge is 2.12. The van der Waals surface area contributed by atoms with Crippen LogP contribution in [0.15, 0.2) is 23.6 Å². The van der Waals surface area contributed by atoms with E-state index < -0.39 is 0 Å². The van der Waals surface area contributed by atoms with Gasteiger partial charge >= 0.3 is 0 Å². The number of hydrogen-bond donors (Lipinski definition) is 1. The topological polar surface area (TPSA) is 52.6 Å². The Morgan fingerprint density at radius 1 is 1.24 bits per heavy atom. The Bertz CT molecular complexity index is 586. The van der Waals surface area contributed by atoms with Crippen molar-refractivity contribution in [1.29, 1.82) is 0 Å². The average molecular weight is 308 g/mol. The molecule has 1 aromatic heterocycles. The van der Waals surface area contributed by atoms with Crippen LogP contribution in [0.4, 0.5) is 5.13 Å². The molecule has 0 unspecified atom stereocenters. The lowest BCUT2D eigenvalue weighted by atomic mass is 10.1. The van der Waals surface area contributed by atoms with E-state index in [2.05, 4.69) is 17.2 Å². The predicted octanol–water partition coefficient (Wildman–Crippen LogP) is 3.27. The Morgan fingerprint density at radius 3 is 2.71 bits per heavy atom. The maximum absolute atomic E-state index is 5.40. The van der Waals surface area contributed by atoms with Crippen LogP contribution in [0.3, 0.4) is 0 Å². The summed E-state index contributed by atoms with van der Waals surface area (Å²) in [6, 6.07) is 5.89. The standard InChI is InChI=1S/C15H20N2O3S/c1-10(8-18-2)16-15-17-13(9-21-15)12-7-11(19-3)5-6-14(12)20-4/h5-7,9-10H,8H2,1-4H3,(H,16,17)/t10-/m1/s1. The van der Waals surface area contributed by atoms with E-state index >= 15 is 0 Å². The van der Waals surface area contributed by atoms with Crippen LogP contribution in [0.2, 0.25) is 0 Å². The van der Waals surface area contributed by atoms with Crippen molar-refractivity contribution in [2.24, 2.45) is 0 Å². The Balaban J connectivity index is 2.24. The van der Waals surface area contributed by atoms with Gasteiger partial charge in [-0.3, -0.25) is 0 Å². The SMILES string of the molecule is COC[C@@H](C)Nc1nc(-c2cc(OC)ccc2OC)cs1. The summed E-state index contributed by atoms with van der Waals surface area (Å²) < 4.78 is 15.8. The van der Waals surface area contributed by atoms with E-state index in [4.69, 9.17) is 14.2 Å². The number of benzene rings is 1. The van der Waals surface area contributed by atoms with Crippen LogP contribution < -0.4 is 14.8 Å². The molecule has 0 aliphatic heterocycles. The summed E-state index contributed by atoms with van der Waals surface area (Å²) in [6.45, 7) is 2.69. The molecule has 5 nitrogen and oxygen atoms in total. The molecule has 0 aliphatic rings.